The van der Waals surface area contributed by atoms with Crippen molar-refractivity contribution < 1.29 is 4.74 Å². The molecule has 1 nitrogen and oxygen atoms in total. The molecule has 0 bridgehead atoms. The molecule has 2 rings (SSSR count). The molecule has 0 radical (unpaired) electrons. The fourth-order valence-electron chi connectivity index (χ4n) is 1.92. The van der Waals surface area contributed by atoms with Gasteiger partial charge in [0.1, 0.15) is 5.75 Å². The molecular weight excluding hydrogens is 160 g/mol. The zero-order chi connectivity index (χ0) is 9.47. The van der Waals surface area contributed by atoms with Gasteiger partial charge in [0.25, 0.3) is 0 Å². The minimum atomic E-state index is 0.277. The summed E-state index contributed by atoms with van der Waals surface area (Å²) in [4.78, 5) is 0. The third-order valence-corrected chi connectivity index (χ3v) is 2.91. The lowest BCUT2D eigenvalue weighted by Crippen LogP contribution is -2.26. The molecule has 1 heterocycles. The summed E-state index contributed by atoms with van der Waals surface area (Å²) in [6.07, 6.45) is 1.11. The molecule has 0 atom stereocenters. The fourth-order valence-corrected chi connectivity index (χ4v) is 1.92. The third kappa shape index (κ3) is 1.32. The highest BCUT2D eigenvalue weighted by atomic mass is 16.5. The highest BCUT2D eigenvalue weighted by Crippen LogP contribution is 2.39. The fraction of sp³-hybridized carbons (Fsp3) is 0.500. The predicted molar refractivity (Wildman–Crippen MR) is 54.3 cm³/mol. The molecule has 0 saturated heterocycles. The lowest BCUT2D eigenvalue weighted by Gasteiger charge is -2.33. The van der Waals surface area contributed by atoms with Gasteiger partial charge in [-0.15, -0.1) is 0 Å². The second kappa shape index (κ2) is 2.76. The van der Waals surface area contributed by atoms with E-state index in [0.717, 1.165) is 18.8 Å². The summed E-state index contributed by atoms with van der Waals surface area (Å²) in [7, 11) is 0. The zero-order valence-electron chi connectivity index (χ0n) is 8.55. The second-order valence-corrected chi connectivity index (χ2v) is 4.43. The number of hydrogen-bond acceptors (Lipinski definition) is 1. The molecule has 1 aliphatic heterocycles. The van der Waals surface area contributed by atoms with Crippen LogP contribution >= 0.6 is 0 Å². The van der Waals surface area contributed by atoms with Gasteiger partial charge in [-0.3, -0.25) is 0 Å². The highest BCUT2D eigenvalue weighted by molar-refractivity contribution is 5.45. The van der Waals surface area contributed by atoms with Crippen LogP contribution in [0, 0.1) is 6.92 Å². The van der Waals surface area contributed by atoms with Crippen LogP contribution in [0.1, 0.15) is 31.4 Å². The number of benzene rings is 1. The van der Waals surface area contributed by atoms with Crippen LogP contribution in [0.15, 0.2) is 18.2 Å². The Hall–Kier alpha value is -0.980. The molecule has 70 valence electrons. The van der Waals surface area contributed by atoms with Gasteiger partial charge in [0.2, 0.25) is 0 Å². The molecule has 0 aromatic heterocycles. The maximum absolute atomic E-state index is 5.69. The van der Waals surface area contributed by atoms with Crippen LogP contribution in [-0.4, -0.2) is 6.61 Å². The first-order valence-electron chi connectivity index (χ1n) is 4.84. The molecule has 1 aromatic rings. The number of hydrogen-bond donors (Lipinski definition) is 0. The molecule has 1 heteroatoms. The molecule has 0 fully saturated rings. The highest BCUT2D eigenvalue weighted by Gasteiger charge is 2.28. The van der Waals surface area contributed by atoms with Crippen molar-refractivity contribution in [2.24, 2.45) is 0 Å². The average molecular weight is 176 g/mol. The zero-order valence-corrected chi connectivity index (χ0v) is 8.55. The van der Waals surface area contributed by atoms with Crippen LogP contribution in [0.3, 0.4) is 0 Å². The molecule has 13 heavy (non-hydrogen) atoms. The van der Waals surface area contributed by atoms with Crippen molar-refractivity contribution >= 4 is 0 Å². The summed E-state index contributed by atoms with van der Waals surface area (Å²) in [5.41, 5.74) is 2.89. The van der Waals surface area contributed by atoms with E-state index in [9.17, 15) is 0 Å². The van der Waals surface area contributed by atoms with E-state index in [1.807, 2.05) is 0 Å². The molecule has 0 aliphatic carbocycles. The van der Waals surface area contributed by atoms with Gasteiger partial charge in [-0.2, -0.15) is 0 Å². The van der Waals surface area contributed by atoms with Gasteiger partial charge in [0.05, 0.1) is 6.61 Å². The minimum absolute atomic E-state index is 0.277. The number of rotatable bonds is 0. The first-order valence-corrected chi connectivity index (χ1v) is 4.84. The van der Waals surface area contributed by atoms with E-state index in [4.69, 9.17) is 4.74 Å². The monoisotopic (exact) mass is 176 g/mol. The van der Waals surface area contributed by atoms with Gasteiger partial charge < -0.3 is 4.74 Å². The number of aryl methyl sites for hydroxylation is 1. The maximum Gasteiger partial charge on any atom is 0.125 e. The van der Waals surface area contributed by atoms with Crippen LogP contribution in [0.4, 0.5) is 0 Å². The Kier molecular flexibility index (Phi) is 1.83. The Morgan fingerprint density at radius 3 is 2.77 bits per heavy atom. The van der Waals surface area contributed by atoms with Gasteiger partial charge in [-0.1, -0.05) is 32.0 Å². The topological polar surface area (TPSA) is 9.23 Å². The SMILES string of the molecule is Cc1cccc2c1OCCC2(C)C. The summed E-state index contributed by atoms with van der Waals surface area (Å²) >= 11 is 0. The summed E-state index contributed by atoms with van der Waals surface area (Å²) in [6.45, 7) is 7.53. The predicted octanol–water partition coefficient (Wildman–Crippen LogP) is 3.06. The Morgan fingerprint density at radius 2 is 2.08 bits per heavy atom. The van der Waals surface area contributed by atoms with Crippen molar-refractivity contribution in [1.29, 1.82) is 0 Å². The molecule has 0 N–H and O–H groups in total. The smallest absolute Gasteiger partial charge is 0.125 e. The molecule has 0 spiro atoms. The van der Waals surface area contributed by atoms with Crippen LogP contribution in [0.2, 0.25) is 0 Å². The van der Waals surface area contributed by atoms with Gasteiger partial charge >= 0.3 is 0 Å². The van der Waals surface area contributed by atoms with Gasteiger partial charge in [-0.05, 0) is 24.3 Å². The van der Waals surface area contributed by atoms with E-state index >= 15 is 0 Å². The van der Waals surface area contributed by atoms with E-state index in [-0.39, 0.29) is 5.41 Å². The molecule has 0 unspecified atom stereocenters. The molecule has 1 aromatic carbocycles. The quantitative estimate of drug-likeness (QED) is 0.590. The van der Waals surface area contributed by atoms with Gasteiger partial charge in [0.15, 0.2) is 0 Å². The standard InChI is InChI=1S/C12H16O/c1-9-5-4-6-10-11(9)13-8-7-12(10,2)3/h4-6H,7-8H2,1-3H3. The summed E-state index contributed by atoms with van der Waals surface area (Å²) in [6, 6.07) is 6.41. The Balaban J connectivity index is 2.58. The van der Waals surface area contributed by atoms with E-state index in [1.54, 1.807) is 0 Å². The van der Waals surface area contributed by atoms with Gasteiger partial charge in [0, 0.05) is 5.56 Å². The van der Waals surface area contributed by atoms with Gasteiger partial charge in [-0.25, -0.2) is 0 Å². The number of para-hydroxylation sites is 1. The largest absolute Gasteiger partial charge is 0.493 e. The van der Waals surface area contributed by atoms with Crippen molar-refractivity contribution in [1.82, 2.24) is 0 Å². The van der Waals surface area contributed by atoms with Crippen LogP contribution < -0.4 is 4.74 Å². The second-order valence-electron chi connectivity index (χ2n) is 4.43. The lowest BCUT2D eigenvalue weighted by molar-refractivity contribution is 0.232. The molecule has 1 aliphatic rings. The summed E-state index contributed by atoms with van der Waals surface area (Å²) in [5, 5.41) is 0. The normalized spacial score (nSPS) is 19.0. The van der Waals surface area contributed by atoms with E-state index in [1.165, 1.54) is 11.1 Å². The third-order valence-electron chi connectivity index (χ3n) is 2.91. The lowest BCUT2D eigenvalue weighted by atomic mass is 9.79. The first kappa shape index (κ1) is 8.61. The minimum Gasteiger partial charge on any atom is -0.493 e. The number of ether oxygens (including phenoxy) is 1. The summed E-state index contributed by atoms with van der Waals surface area (Å²) < 4.78 is 5.69. The van der Waals surface area contributed by atoms with Crippen molar-refractivity contribution in [3.8, 4) is 5.75 Å². The molecule has 0 amide bonds. The van der Waals surface area contributed by atoms with Crippen molar-refractivity contribution in [3.05, 3.63) is 29.3 Å². The van der Waals surface area contributed by atoms with E-state index < -0.39 is 0 Å². The first-order chi connectivity index (χ1) is 6.11. The Labute approximate surface area is 79.7 Å². The maximum atomic E-state index is 5.69. The van der Waals surface area contributed by atoms with E-state index in [0.29, 0.717) is 0 Å². The summed E-state index contributed by atoms with van der Waals surface area (Å²) in [5.74, 6) is 1.11. The Bertz CT molecular complexity index is 326. The number of fused-ring (bicyclic) bond motifs is 1. The molecule has 0 saturated carbocycles. The Morgan fingerprint density at radius 1 is 1.31 bits per heavy atom. The van der Waals surface area contributed by atoms with Crippen molar-refractivity contribution in [3.63, 3.8) is 0 Å². The van der Waals surface area contributed by atoms with Crippen LogP contribution in [0.25, 0.3) is 0 Å². The van der Waals surface area contributed by atoms with Crippen molar-refractivity contribution in [2.75, 3.05) is 6.61 Å². The molecular formula is C12H16O. The average Bonchev–Trinajstić information content (AvgIpc) is 2.06. The van der Waals surface area contributed by atoms with E-state index in [2.05, 4.69) is 39.0 Å². The van der Waals surface area contributed by atoms with Crippen LogP contribution in [-0.2, 0) is 5.41 Å². The van der Waals surface area contributed by atoms with Crippen molar-refractivity contribution in [2.45, 2.75) is 32.6 Å². The van der Waals surface area contributed by atoms with Crippen LogP contribution in [0.5, 0.6) is 5.75 Å².